The zero-order valence-corrected chi connectivity index (χ0v) is 26.4. The number of benzene rings is 3. The Morgan fingerprint density at radius 3 is 1.88 bits per heavy atom. The van der Waals surface area contributed by atoms with Crippen molar-refractivity contribution < 1.29 is 0 Å². The molecule has 0 saturated heterocycles. The van der Waals surface area contributed by atoms with Crippen LogP contribution in [0.25, 0.3) is 16.7 Å². The second-order valence-corrected chi connectivity index (χ2v) is 19.0. The molecule has 3 aromatic carbocycles. The largest absolute Gasteiger partial charge is 0.0833 e. The smallest absolute Gasteiger partial charge is 0.0129 e. The maximum Gasteiger partial charge on any atom is 0.0129 e. The van der Waals surface area contributed by atoms with E-state index in [0.717, 1.165) is 11.3 Å². The van der Waals surface area contributed by atoms with Crippen molar-refractivity contribution in [2.75, 3.05) is 0 Å². The van der Waals surface area contributed by atoms with Crippen LogP contribution in [0.4, 0.5) is 0 Å². The Labute approximate surface area is 245 Å². The molecule has 208 valence electrons. The summed E-state index contributed by atoms with van der Waals surface area (Å²) in [5.74, 6) is 0. The van der Waals surface area contributed by atoms with Gasteiger partial charge in [-0.1, -0.05) is 137 Å². The van der Waals surface area contributed by atoms with E-state index >= 15 is 0 Å². The molecule has 40 heavy (non-hydrogen) atoms. The molecule has 0 heterocycles. The molecule has 3 aromatic rings. The minimum Gasteiger partial charge on any atom is -0.0833 e. The van der Waals surface area contributed by atoms with E-state index in [1.54, 1.807) is 10.9 Å². The van der Waals surface area contributed by atoms with Crippen LogP contribution in [0.3, 0.4) is 0 Å². The Morgan fingerprint density at radius 2 is 1.20 bits per heavy atom. The summed E-state index contributed by atoms with van der Waals surface area (Å²) < 4.78 is 0. The van der Waals surface area contributed by atoms with Crippen molar-refractivity contribution in [3.63, 3.8) is 0 Å². The number of hydrogen-bond acceptors (Lipinski definition) is 0. The van der Waals surface area contributed by atoms with Gasteiger partial charge in [0.15, 0.2) is 0 Å². The summed E-state index contributed by atoms with van der Waals surface area (Å²) in [6.45, 7) is 4.73. The van der Waals surface area contributed by atoms with Crippen molar-refractivity contribution in [2.45, 2.75) is 101 Å². The van der Waals surface area contributed by atoms with E-state index in [4.69, 9.17) is 0 Å². The molecule has 3 aliphatic rings. The second kappa shape index (κ2) is 13.3. The van der Waals surface area contributed by atoms with Crippen molar-refractivity contribution in [3.8, 4) is 11.1 Å². The molecule has 0 nitrogen and oxygen atoms in total. The molecule has 3 atom stereocenters. The van der Waals surface area contributed by atoms with Crippen molar-refractivity contribution in [1.82, 2.24) is 0 Å². The quantitative estimate of drug-likeness (QED) is 0.250. The highest BCUT2D eigenvalue weighted by Crippen LogP contribution is 2.80. The van der Waals surface area contributed by atoms with Crippen LogP contribution in [0, 0.1) is 6.92 Å². The molecule has 0 N–H and O–H groups in total. The lowest BCUT2D eigenvalue weighted by Crippen LogP contribution is -2.26. The lowest BCUT2D eigenvalue weighted by Gasteiger charge is -2.47. The SMILES string of the molecule is CC1=C(c2ccccc2C)C(P(C2CCCCC2)P(c2ccc(-c3ccccc3)cc2)C2CCCCC2)CC=C1. The highest BCUT2D eigenvalue weighted by Gasteiger charge is 2.42. The predicted molar refractivity (Wildman–Crippen MR) is 180 cm³/mol. The van der Waals surface area contributed by atoms with Crippen LogP contribution in [-0.4, -0.2) is 17.0 Å². The monoisotopic (exact) mass is 564 g/mol. The van der Waals surface area contributed by atoms with Crippen LogP contribution in [0.1, 0.15) is 88.7 Å². The van der Waals surface area contributed by atoms with Gasteiger partial charge in [0.05, 0.1) is 0 Å². The topological polar surface area (TPSA) is 0 Å². The summed E-state index contributed by atoms with van der Waals surface area (Å²) in [6, 6.07) is 30.2. The molecular formula is C38H46P2. The lowest BCUT2D eigenvalue weighted by atomic mass is 9.89. The van der Waals surface area contributed by atoms with Gasteiger partial charge in [-0.3, -0.25) is 0 Å². The molecule has 2 saturated carbocycles. The number of allylic oxidation sites excluding steroid dienone is 4. The summed E-state index contributed by atoms with van der Waals surface area (Å²) in [7, 11) is -0.383. The van der Waals surface area contributed by atoms with Gasteiger partial charge in [0.1, 0.15) is 0 Å². The summed E-state index contributed by atoms with van der Waals surface area (Å²) in [5.41, 5.74) is 11.4. The highest BCUT2D eigenvalue weighted by atomic mass is 32.1. The van der Waals surface area contributed by atoms with Crippen LogP contribution < -0.4 is 5.30 Å². The number of rotatable bonds is 7. The first-order valence-corrected chi connectivity index (χ1v) is 19.5. The van der Waals surface area contributed by atoms with Gasteiger partial charge in [0, 0.05) is 5.66 Å². The first kappa shape index (κ1) is 28.1. The average Bonchev–Trinajstić information content (AvgIpc) is 3.02. The first-order valence-electron chi connectivity index (χ1n) is 15.9. The summed E-state index contributed by atoms with van der Waals surface area (Å²) in [6.07, 6.45) is 20.6. The van der Waals surface area contributed by atoms with Gasteiger partial charge in [0.25, 0.3) is 0 Å². The Bertz CT molecular complexity index is 1310. The van der Waals surface area contributed by atoms with Crippen LogP contribution in [0.15, 0.2) is 96.6 Å². The predicted octanol–water partition coefficient (Wildman–Crippen LogP) is 11.6. The van der Waals surface area contributed by atoms with Crippen LogP contribution in [0.2, 0.25) is 0 Å². The lowest BCUT2D eigenvalue weighted by molar-refractivity contribution is 0.508. The molecule has 0 spiro atoms. The van der Waals surface area contributed by atoms with E-state index in [1.165, 1.54) is 98.5 Å². The summed E-state index contributed by atoms with van der Waals surface area (Å²) >= 11 is 0. The van der Waals surface area contributed by atoms with E-state index in [9.17, 15) is 0 Å². The Balaban J connectivity index is 1.46. The zero-order valence-electron chi connectivity index (χ0n) is 24.6. The number of hydrogen-bond donors (Lipinski definition) is 0. The van der Waals surface area contributed by atoms with Crippen molar-refractivity contribution in [2.24, 2.45) is 0 Å². The van der Waals surface area contributed by atoms with Gasteiger partial charge < -0.3 is 0 Å². The van der Waals surface area contributed by atoms with Gasteiger partial charge in [-0.2, -0.15) is 0 Å². The van der Waals surface area contributed by atoms with Gasteiger partial charge >= 0.3 is 0 Å². The fourth-order valence-corrected chi connectivity index (χ4v) is 19.3. The van der Waals surface area contributed by atoms with Crippen molar-refractivity contribution in [1.29, 1.82) is 0 Å². The van der Waals surface area contributed by atoms with E-state index in [2.05, 4.69) is 105 Å². The standard InChI is InChI=1S/C38H46P2/c1-29-15-12-13-23-36(29)38-30(2)16-14-24-37(38)40(34-21-10-5-11-22-34)39(33-19-8-4-9-20-33)35-27-25-32(26-28-35)31-17-6-3-7-18-31/h3,6-7,12-18,23,25-28,33-34,37H,4-5,8-11,19-22,24H2,1-2H3. The van der Waals surface area contributed by atoms with Crippen LogP contribution in [-0.2, 0) is 0 Å². The van der Waals surface area contributed by atoms with Gasteiger partial charge in [-0.05, 0) is 104 Å². The van der Waals surface area contributed by atoms with Crippen molar-refractivity contribution >= 4 is 26.1 Å². The average molecular weight is 565 g/mol. The van der Waals surface area contributed by atoms with Crippen molar-refractivity contribution in [3.05, 3.63) is 108 Å². The Kier molecular flexibility index (Phi) is 9.37. The second-order valence-electron chi connectivity index (χ2n) is 12.3. The molecule has 0 aromatic heterocycles. The molecule has 3 unspecified atom stereocenters. The maximum atomic E-state index is 2.57. The van der Waals surface area contributed by atoms with Gasteiger partial charge in [-0.15, -0.1) is 0 Å². The van der Waals surface area contributed by atoms with Crippen LogP contribution in [0.5, 0.6) is 0 Å². The van der Waals surface area contributed by atoms with Gasteiger partial charge in [0.2, 0.25) is 0 Å². The third-order valence-corrected chi connectivity index (χ3v) is 19.5. The highest BCUT2D eigenvalue weighted by molar-refractivity contribution is 8.33. The molecule has 2 fully saturated rings. The van der Waals surface area contributed by atoms with Gasteiger partial charge in [-0.25, -0.2) is 0 Å². The van der Waals surface area contributed by atoms with E-state index < -0.39 is 0 Å². The Hall–Kier alpha value is -2.00. The Morgan fingerprint density at radius 1 is 0.600 bits per heavy atom. The number of aryl methyl sites for hydroxylation is 1. The third-order valence-electron chi connectivity index (χ3n) is 9.60. The molecule has 3 aliphatic carbocycles. The molecule has 0 amide bonds. The fourth-order valence-electron chi connectivity index (χ4n) is 7.57. The maximum absolute atomic E-state index is 2.57. The van der Waals surface area contributed by atoms with E-state index in [1.807, 2.05) is 0 Å². The van der Waals surface area contributed by atoms with E-state index in [-0.39, 0.29) is 15.2 Å². The molecular weight excluding hydrogens is 518 g/mol. The van der Waals surface area contributed by atoms with E-state index in [0.29, 0.717) is 5.66 Å². The molecule has 0 bridgehead atoms. The summed E-state index contributed by atoms with van der Waals surface area (Å²) in [4.78, 5) is 0. The minimum atomic E-state index is -0.213. The normalized spacial score (nSPS) is 22.3. The first-order chi connectivity index (χ1) is 19.7. The third kappa shape index (κ3) is 6.10. The summed E-state index contributed by atoms with van der Waals surface area (Å²) in [5, 5.41) is 1.70. The molecule has 6 rings (SSSR count). The molecule has 0 radical (unpaired) electrons. The minimum absolute atomic E-state index is 0.170. The zero-order chi connectivity index (χ0) is 27.3. The van der Waals surface area contributed by atoms with Crippen LogP contribution >= 0.6 is 15.2 Å². The fraction of sp³-hybridized carbons (Fsp3) is 0.421. The molecule has 2 heteroatoms. The molecule has 0 aliphatic heterocycles.